The summed E-state index contributed by atoms with van der Waals surface area (Å²) in [4.78, 5) is 36.8. The molecule has 1 fully saturated rings. The third-order valence-electron chi connectivity index (χ3n) is 5.07. The highest BCUT2D eigenvalue weighted by atomic mass is 16.6. The van der Waals surface area contributed by atoms with Gasteiger partial charge in [-0.25, -0.2) is 4.79 Å². The molecule has 0 bridgehead atoms. The Hall–Kier alpha value is -3.62. The number of hydrogen-bond acceptors (Lipinski definition) is 6. The molecule has 1 aliphatic heterocycles. The van der Waals surface area contributed by atoms with Gasteiger partial charge >= 0.3 is 6.09 Å². The average molecular weight is 423 g/mol. The van der Waals surface area contributed by atoms with E-state index in [1.807, 2.05) is 49.0 Å². The van der Waals surface area contributed by atoms with Gasteiger partial charge in [-0.3, -0.25) is 14.7 Å². The second-order valence-electron chi connectivity index (χ2n) is 7.34. The van der Waals surface area contributed by atoms with E-state index in [1.165, 1.54) is 4.90 Å². The standard InChI is InChI=1S/C22H25N5O4/c1-3-12-30-22(29)26-10-11-27(20(28)14-26)18-13-25(2)21-17(18)7-8-19(24-21)31-15-16-6-4-5-9-23-16/h4-9,13H,3,10-12,14-15H2,1-2H3. The first-order valence-corrected chi connectivity index (χ1v) is 10.3. The second-order valence-corrected chi connectivity index (χ2v) is 7.34. The van der Waals surface area contributed by atoms with Crippen LogP contribution in [0, 0.1) is 0 Å². The molecular formula is C22H25N5O4. The van der Waals surface area contributed by atoms with E-state index >= 15 is 0 Å². The van der Waals surface area contributed by atoms with Crippen molar-refractivity contribution in [3.05, 3.63) is 48.4 Å². The Morgan fingerprint density at radius 2 is 2.06 bits per heavy atom. The lowest BCUT2D eigenvalue weighted by atomic mass is 10.2. The number of rotatable bonds is 6. The van der Waals surface area contributed by atoms with E-state index in [1.54, 1.807) is 17.2 Å². The van der Waals surface area contributed by atoms with Crippen LogP contribution in [0.15, 0.2) is 42.7 Å². The highest BCUT2D eigenvalue weighted by Gasteiger charge is 2.30. The number of hydrogen-bond donors (Lipinski definition) is 0. The number of ether oxygens (including phenoxy) is 2. The van der Waals surface area contributed by atoms with Gasteiger partial charge in [-0.1, -0.05) is 13.0 Å². The highest BCUT2D eigenvalue weighted by Crippen LogP contribution is 2.30. The quantitative estimate of drug-likeness (QED) is 0.606. The Morgan fingerprint density at radius 1 is 1.19 bits per heavy atom. The molecule has 0 radical (unpaired) electrons. The molecule has 4 rings (SSSR count). The fourth-order valence-corrected chi connectivity index (χ4v) is 3.51. The smallest absolute Gasteiger partial charge is 0.410 e. The maximum atomic E-state index is 12.8. The molecule has 0 saturated carbocycles. The first-order chi connectivity index (χ1) is 15.1. The van der Waals surface area contributed by atoms with E-state index in [4.69, 9.17) is 9.47 Å². The Morgan fingerprint density at radius 3 is 2.81 bits per heavy atom. The van der Waals surface area contributed by atoms with Crippen molar-refractivity contribution in [2.45, 2.75) is 20.0 Å². The Bertz CT molecular complexity index is 1080. The summed E-state index contributed by atoms with van der Waals surface area (Å²) in [6, 6.07) is 9.35. The molecule has 4 heterocycles. The lowest BCUT2D eigenvalue weighted by Crippen LogP contribution is -2.52. The normalized spacial score (nSPS) is 14.2. The number of carbonyl (C=O) groups excluding carboxylic acids is 2. The number of pyridine rings is 2. The minimum atomic E-state index is -0.441. The van der Waals surface area contributed by atoms with Gasteiger partial charge in [0.05, 0.1) is 18.0 Å². The number of carbonyl (C=O) groups is 2. The van der Waals surface area contributed by atoms with Crippen molar-refractivity contribution < 1.29 is 19.1 Å². The molecule has 0 atom stereocenters. The van der Waals surface area contributed by atoms with Gasteiger partial charge in [0.15, 0.2) is 0 Å². The minimum Gasteiger partial charge on any atom is -0.471 e. The predicted molar refractivity (Wildman–Crippen MR) is 115 cm³/mol. The third-order valence-corrected chi connectivity index (χ3v) is 5.07. The second kappa shape index (κ2) is 9.03. The van der Waals surface area contributed by atoms with Gasteiger partial charge in [0.2, 0.25) is 11.8 Å². The van der Waals surface area contributed by atoms with Gasteiger partial charge < -0.3 is 18.9 Å². The van der Waals surface area contributed by atoms with Crippen LogP contribution >= 0.6 is 0 Å². The van der Waals surface area contributed by atoms with Crippen LogP contribution < -0.4 is 9.64 Å². The minimum absolute atomic E-state index is 0.00235. The van der Waals surface area contributed by atoms with Crippen LogP contribution in [0.2, 0.25) is 0 Å². The van der Waals surface area contributed by atoms with E-state index in [2.05, 4.69) is 9.97 Å². The molecule has 0 unspecified atom stereocenters. The number of aryl methyl sites for hydroxylation is 1. The lowest BCUT2D eigenvalue weighted by molar-refractivity contribution is -0.120. The lowest BCUT2D eigenvalue weighted by Gasteiger charge is -2.33. The molecule has 9 heteroatoms. The van der Waals surface area contributed by atoms with Crippen molar-refractivity contribution in [2.24, 2.45) is 7.05 Å². The fraction of sp³-hybridized carbons (Fsp3) is 0.364. The summed E-state index contributed by atoms with van der Waals surface area (Å²) in [6.45, 7) is 3.43. The van der Waals surface area contributed by atoms with Crippen molar-refractivity contribution in [1.29, 1.82) is 0 Å². The molecule has 3 aromatic heterocycles. The summed E-state index contributed by atoms with van der Waals surface area (Å²) < 4.78 is 12.8. The van der Waals surface area contributed by atoms with Crippen LogP contribution in [0.5, 0.6) is 5.88 Å². The molecule has 162 valence electrons. The Balaban J connectivity index is 1.48. The number of amides is 2. The number of fused-ring (bicyclic) bond motifs is 1. The average Bonchev–Trinajstić information content (AvgIpc) is 3.12. The summed E-state index contributed by atoms with van der Waals surface area (Å²) in [5.74, 6) is 0.336. The molecule has 0 aromatic carbocycles. The van der Waals surface area contributed by atoms with Crippen molar-refractivity contribution in [3.8, 4) is 5.88 Å². The molecule has 9 nitrogen and oxygen atoms in total. The summed E-state index contributed by atoms with van der Waals surface area (Å²) >= 11 is 0. The molecule has 0 spiro atoms. The van der Waals surface area contributed by atoms with Crippen LogP contribution in [0.1, 0.15) is 19.0 Å². The van der Waals surface area contributed by atoms with E-state index in [0.717, 1.165) is 23.2 Å². The Labute approximate surface area is 180 Å². The van der Waals surface area contributed by atoms with Crippen molar-refractivity contribution in [3.63, 3.8) is 0 Å². The molecule has 0 aliphatic carbocycles. The molecular weight excluding hydrogens is 398 g/mol. The van der Waals surface area contributed by atoms with E-state index in [-0.39, 0.29) is 12.5 Å². The van der Waals surface area contributed by atoms with Crippen LogP contribution in [-0.4, -0.2) is 57.7 Å². The summed E-state index contributed by atoms with van der Waals surface area (Å²) in [7, 11) is 1.88. The summed E-state index contributed by atoms with van der Waals surface area (Å²) in [6.07, 6.45) is 3.91. The van der Waals surface area contributed by atoms with Crippen LogP contribution in [-0.2, 0) is 23.2 Å². The molecule has 0 N–H and O–H groups in total. The maximum Gasteiger partial charge on any atom is 0.410 e. The van der Waals surface area contributed by atoms with E-state index in [0.29, 0.717) is 37.8 Å². The number of aromatic nitrogens is 3. The first kappa shape index (κ1) is 20.6. The van der Waals surface area contributed by atoms with Gasteiger partial charge in [0.25, 0.3) is 0 Å². The molecule has 31 heavy (non-hydrogen) atoms. The van der Waals surface area contributed by atoms with Crippen molar-refractivity contribution >= 4 is 28.7 Å². The van der Waals surface area contributed by atoms with Crippen LogP contribution in [0.3, 0.4) is 0 Å². The summed E-state index contributed by atoms with van der Waals surface area (Å²) in [5, 5.41) is 0.850. The third kappa shape index (κ3) is 4.45. The van der Waals surface area contributed by atoms with Gasteiger partial charge in [-0.05, 0) is 24.6 Å². The molecule has 3 aromatic rings. The van der Waals surface area contributed by atoms with Crippen LogP contribution in [0.25, 0.3) is 11.0 Å². The SMILES string of the molecule is CCCOC(=O)N1CCN(c2cn(C)c3nc(OCc4ccccn4)ccc23)C(=O)C1. The topological polar surface area (TPSA) is 89.8 Å². The maximum absolute atomic E-state index is 12.8. The number of piperazine rings is 1. The van der Waals surface area contributed by atoms with Gasteiger partial charge in [-0.15, -0.1) is 0 Å². The van der Waals surface area contributed by atoms with Crippen molar-refractivity contribution in [2.75, 3.05) is 31.1 Å². The van der Waals surface area contributed by atoms with E-state index < -0.39 is 6.09 Å². The summed E-state index contributed by atoms with van der Waals surface area (Å²) in [5.41, 5.74) is 2.30. The van der Waals surface area contributed by atoms with Gasteiger partial charge in [0.1, 0.15) is 18.8 Å². The number of nitrogens with zero attached hydrogens (tertiary/aromatic N) is 5. The number of anilines is 1. The molecule has 2 amide bonds. The van der Waals surface area contributed by atoms with Crippen molar-refractivity contribution in [1.82, 2.24) is 19.4 Å². The first-order valence-electron chi connectivity index (χ1n) is 10.3. The van der Waals surface area contributed by atoms with Crippen LogP contribution in [0.4, 0.5) is 10.5 Å². The molecule has 1 aliphatic rings. The zero-order valence-electron chi connectivity index (χ0n) is 17.7. The largest absolute Gasteiger partial charge is 0.471 e. The van der Waals surface area contributed by atoms with E-state index in [9.17, 15) is 9.59 Å². The van der Waals surface area contributed by atoms with Gasteiger partial charge in [-0.2, -0.15) is 4.98 Å². The molecule has 1 saturated heterocycles. The Kier molecular flexibility index (Phi) is 6.01. The fourth-order valence-electron chi connectivity index (χ4n) is 3.51. The van der Waals surface area contributed by atoms with Gasteiger partial charge in [0, 0.05) is 44.0 Å². The zero-order valence-corrected chi connectivity index (χ0v) is 17.7. The highest BCUT2D eigenvalue weighted by molar-refractivity contribution is 6.04. The monoisotopic (exact) mass is 423 g/mol. The predicted octanol–water partition coefficient (Wildman–Crippen LogP) is 2.74. The zero-order chi connectivity index (χ0) is 21.8.